The summed E-state index contributed by atoms with van der Waals surface area (Å²) in [7, 11) is -3.29. The van der Waals surface area contributed by atoms with Crippen LogP contribution in [-0.4, -0.2) is 25.8 Å². The zero-order valence-electron chi connectivity index (χ0n) is 11.3. The van der Waals surface area contributed by atoms with Gasteiger partial charge in [0.05, 0.1) is 5.75 Å². The van der Waals surface area contributed by atoms with Gasteiger partial charge in [0.1, 0.15) is 0 Å². The van der Waals surface area contributed by atoms with Crippen LogP contribution in [0.15, 0.2) is 24.3 Å². The first-order chi connectivity index (χ1) is 8.36. The van der Waals surface area contributed by atoms with E-state index in [9.17, 15) is 8.42 Å². The second-order valence-electron chi connectivity index (χ2n) is 4.80. The molecule has 1 rings (SSSR count). The molecule has 0 bridgehead atoms. The zero-order chi connectivity index (χ0) is 13.8. The molecular weight excluding hydrogens is 248 g/mol. The summed E-state index contributed by atoms with van der Waals surface area (Å²) in [5.41, 5.74) is 6.98. The zero-order valence-corrected chi connectivity index (χ0v) is 12.1. The lowest BCUT2D eigenvalue weighted by atomic mass is 10.2. The molecule has 0 heterocycles. The second kappa shape index (κ2) is 6.20. The summed E-state index contributed by atoms with van der Waals surface area (Å²) >= 11 is 0. The molecule has 0 radical (unpaired) electrons. The number of hydrogen-bond donors (Lipinski definition) is 1. The largest absolute Gasteiger partial charge is 0.398 e. The van der Waals surface area contributed by atoms with E-state index in [0.717, 1.165) is 0 Å². The highest BCUT2D eigenvalue weighted by atomic mass is 32.2. The van der Waals surface area contributed by atoms with Gasteiger partial charge >= 0.3 is 0 Å². The Morgan fingerprint density at radius 3 is 2.39 bits per heavy atom. The van der Waals surface area contributed by atoms with Gasteiger partial charge in [0.25, 0.3) is 0 Å². The summed E-state index contributed by atoms with van der Waals surface area (Å²) in [4.78, 5) is 0. The minimum atomic E-state index is -3.29. The van der Waals surface area contributed by atoms with Crippen LogP contribution in [0.5, 0.6) is 0 Å². The average Bonchev–Trinajstić information content (AvgIpc) is 2.28. The number of sulfonamides is 1. The SMILES string of the molecule is CCN(CC(C)C)S(=O)(=O)Cc1ccccc1N. The quantitative estimate of drug-likeness (QED) is 0.805. The van der Waals surface area contributed by atoms with Crippen molar-refractivity contribution in [3.05, 3.63) is 29.8 Å². The first kappa shape index (κ1) is 15.0. The Morgan fingerprint density at radius 2 is 1.89 bits per heavy atom. The van der Waals surface area contributed by atoms with E-state index in [1.165, 1.54) is 4.31 Å². The fourth-order valence-electron chi connectivity index (χ4n) is 1.80. The van der Waals surface area contributed by atoms with Gasteiger partial charge in [-0.15, -0.1) is 0 Å². The second-order valence-corrected chi connectivity index (χ2v) is 6.77. The number of nitrogens with zero attached hydrogens (tertiary/aromatic N) is 1. The third kappa shape index (κ3) is 3.99. The van der Waals surface area contributed by atoms with Gasteiger partial charge in [0.15, 0.2) is 0 Å². The molecule has 1 aromatic carbocycles. The predicted octanol–water partition coefficient (Wildman–Crippen LogP) is 2.08. The van der Waals surface area contributed by atoms with Crippen molar-refractivity contribution in [1.29, 1.82) is 0 Å². The van der Waals surface area contributed by atoms with Crippen molar-refractivity contribution in [2.24, 2.45) is 5.92 Å². The maximum absolute atomic E-state index is 12.3. The minimum absolute atomic E-state index is 0.0275. The molecule has 0 saturated heterocycles. The minimum Gasteiger partial charge on any atom is -0.398 e. The Balaban J connectivity index is 2.90. The summed E-state index contributed by atoms with van der Waals surface area (Å²) in [5, 5.41) is 0. The van der Waals surface area contributed by atoms with Crippen LogP contribution in [-0.2, 0) is 15.8 Å². The molecule has 0 atom stereocenters. The number of rotatable bonds is 6. The molecule has 0 amide bonds. The van der Waals surface area contributed by atoms with E-state index < -0.39 is 10.0 Å². The first-order valence-electron chi connectivity index (χ1n) is 6.18. The molecule has 5 heteroatoms. The highest BCUT2D eigenvalue weighted by Crippen LogP contribution is 2.17. The molecular formula is C13H22N2O2S. The smallest absolute Gasteiger partial charge is 0.218 e. The maximum Gasteiger partial charge on any atom is 0.218 e. The van der Waals surface area contributed by atoms with Gasteiger partial charge in [-0.3, -0.25) is 0 Å². The van der Waals surface area contributed by atoms with Crippen LogP contribution < -0.4 is 5.73 Å². The Hall–Kier alpha value is -1.07. The average molecular weight is 270 g/mol. The van der Waals surface area contributed by atoms with Crippen molar-refractivity contribution in [1.82, 2.24) is 4.31 Å². The summed E-state index contributed by atoms with van der Waals surface area (Å²) in [6.45, 7) is 6.91. The van der Waals surface area contributed by atoms with Gasteiger partial charge in [-0.25, -0.2) is 12.7 Å². The molecule has 102 valence electrons. The number of para-hydroxylation sites is 1. The summed E-state index contributed by atoms with van der Waals surface area (Å²) in [6, 6.07) is 7.09. The Morgan fingerprint density at radius 1 is 1.28 bits per heavy atom. The van der Waals surface area contributed by atoms with Crippen LogP contribution in [0.25, 0.3) is 0 Å². The molecule has 0 unspecified atom stereocenters. The highest BCUT2D eigenvalue weighted by molar-refractivity contribution is 7.88. The van der Waals surface area contributed by atoms with Gasteiger partial charge in [0, 0.05) is 18.8 Å². The van der Waals surface area contributed by atoms with Crippen LogP contribution in [0.4, 0.5) is 5.69 Å². The molecule has 0 spiro atoms. The lowest BCUT2D eigenvalue weighted by molar-refractivity contribution is 0.380. The molecule has 0 aromatic heterocycles. The third-order valence-corrected chi connectivity index (χ3v) is 4.58. The van der Waals surface area contributed by atoms with Crippen molar-refractivity contribution >= 4 is 15.7 Å². The van der Waals surface area contributed by atoms with Crippen LogP contribution in [0.1, 0.15) is 26.3 Å². The van der Waals surface area contributed by atoms with Crippen molar-refractivity contribution in [2.45, 2.75) is 26.5 Å². The molecule has 0 saturated carbocycles. The summed E-state index contributed by atoms with van der Waals surface area (Å²) in [5.74, 6) is 0.285. The van der Waals surface area contributed by atoms with E-state index >= 15 is 0 Å². The number of nitrogen functional groups attached to an aromatic ring is 1. The molecule has 1 aromatic rings. The van der Waals surface area contributed by atoms with Crippen LogP contribution in [0.2, 0.25) is 0 Å². The number of nitrogens with two attached hydrogens (primary N) is 1. The molecule has 0 fully saturated rings. The predicted molar refractivity (Wildman–Crippen MR) is 75.6 cm³/mol. The Bertz CT molecular complexity index is 484. The van der Waals surface area contributed by atoms with E-state index in [-0.39, 0.29) is 5.75 Å². The first-order valence-corrected chi connectivity index (χ1v) is 7.79. The monoisotopic (exact) mass is 270 g/mol. The Kier molecular flexibility index (Phi) is 5.16. The van der Waals surface area contributed by atoms with Gasteiger partial charge in [-0.05, 0) is 17.5 Å². The van der Waals surface area contributed by atoms with E-state index in [1.54, 1.807) is 24.3 Å². The fourth-order valence-corrected chi connectivity index (χ4v) is 3.56. The van der Waals surface area contributed by atoms with E-state index in [1.807, 2.05) is 20.8 Å². The number of anilines is 1. The van der Waals surface area contributed by atoms with Gasteiger partial charge in [-0.2, -0.15) is 0 Å². The van der Waals surface area contributed by atoms with Crippen molar-refractivity contribution < 1.29 is 8.42 Å². The Labute approximate surface area is 110 Å². The lowest BCUT2D eigenvalue weighted by Gasteiger charge is -2.22. The van der Waals surface area contributed by atoms with Crippen LogP contribution in [0.3, 0.4) is 0 Å². The van der Waals surface area contributed by atoms with Crippen molar-refractivity contribution in [3.8, 4) is 0 Å². The topological polar surface area (TPSA) is 63.4 Å². The molecule has 0 aliphatic carbocycles. The van der Waals surface area contributed by atoms with Gasteiger partial charge in [-0.1, -0.05) is 39.0 Å². The van der Waals surface area contributed by atoms with Crippen LogP contribution >= 0.6 is 0 Å². The maximum atomic E-state index is 12.3. The molecule has 4 nitrogen and oxygen atoms in total. The fraction of sp³-hybridized carbons (Fsp3) is 0.538. The van der Waals surface area contributed by atoms with Crippen LogP contribution in [0, 0.1) is 5.92 Å². The normalized spacial score (nSPS) is 12.3. The third-order valence-electron chi connectivity index (χ3n) is 2.71. The highest BCUT2D eigenvalue weighted by Gasteiger charge is 2.22. The standard InChI is InChI=1S/C13H22N2O2S/c1-4-15(9-11(2)3)18(16,17)10-12-7-5-6-8-13(12)14/h5-8,11H,4,9-10,14H2,1-3H3. The van der Waals surface area contributed by atoms with Crippen molar-refractivity contribution in [2.75, 3.05) is 18.8 Å². The van der Waals surface area contributed by atoms with Gasteiger partial charge in [0.2, 0.25) is 10.0 Å². The van der Waals surface area contributed by atoms with Gasteiger partial charge < -0.3 is 5.73 Å². The molecule has 2 N–H and O–H groups in total. The van der Waals surface area contributed by atoms with Crippen molar-refractivity contribution in [3.63, 3.8) is 0 Å². The molecule has 0 aliphatic rings. The number of hydrogen-bond acceptors (Lipinski definition) is 3. The molecule has 18 heavy (non-hydrogen) atoms. The van der Waals surface area contributed by atoms with E-state index in [2.05, 4.69) is 0 Å². The van der Waals surface area contributed by atoms with E-state index in [4.69, 9.17) is 5.73 Å². The van der Waals surface area contributed by atoms with E-state index in [0.29, 0.717) is 30.3 Å². The number of benzene rings is 1. The summed E-state index contributed by atoms with van der Waals surface area (Å²) in [6.07, 6.45) is 0. The lowest BCUT2D eigenvalue weighted by Crippen LogP contribution is -2.35. The summed E-state index contributed by atoms with van der Waals surface area (Å²) < 4.78 is 26.1. The molecule has 0 aliphatic heterocycles.